The molecule has 4 nitrogen and oxygen atoms in total. The number of hydrogen-bond acceptors (Lipinski definition) is 2. The van der Waals surface area contributed by atoms with Crippen LogP contribution in [0.1, 0.15) is 48.4 Å². The van der Waals surface area contributed by atoms with E-state index >= 15 is 0 Å². The minimum atomic E-state index is -0.926. The van der Waals surface area contributed by atoms with Crippen molar-refractivity contribution in [2.24, 2.45) is 0 Å². The normalized spacial score (nSPS) is 12.8. The smallest absolute Gasteiger partial charge is 0.337 e. The van der Waals surface area contributed by atoms with Gasteiger partial charge in [0.1, 0.15) is 0 Å². The highest BCUT2D eigenvalue weighted by Gasteiger charge is 2.19. The van der Waals surface area contributed by atoms with Crippen LogP contribution in [0.5, 0.6) is 0 Å². The largest absolute Gasteiger partial charge is 0.478 e. The predicted octanol–water partition coefficient (Wildman–Crippen LogP) is 2.98. The van der Waals surface area contributed by atoms with E-state index in [-0.39, 0.29) is 0 Å². The van der Waals surface area contributed by atoms with Gasteiger partial charge in [0.2, 0.25) is 0 Å². The number of hydrogen-bond donors (Lipinski definition) is 2. The van der Waals surface area contributed by atoms with Crippen molar-refractivity contribution in [3.05, 3.63) is 35.0 Å². The maximum atomic E-state index is 11.5. The van der Waals surface area contributed by atoms with E-state index in [0.717, 1.165) is 22.9 Å². The number of aromatic nitrogens is 1. The van der Waals surface area contributed by atoms with Crippen molar-refractivity contribution in [3.8, 4) is 0 Å². The van der Waals surface area contributed by atoms with E-state index in [9.17, 15) is 15.0 Å². The van der Waals surface area contributed by atoms with Crippen LogP contribution in [-0.4, -0.2) is 20.7 Å². The van der Waals surface area contributed by atoms with E-state index in [2.05, 4.69) is 0 Å². The first kappa shape index (κ1) is 13.6. The summed E-state index contributed by atoms with van der Waals surface area (Å²) in [5.74, 6) is -0.926. The van der Waals surface area contributed by atoms with E-state index in [1.165, 1.54) is 0 Å². The Balaban J connectivity index is 2.89. The number of carboxylic acids is 1. The quantitative estimate of drug-likeness (QED) is 0.889. The minimum absolute atomic E-state index is 0.308. The second kappa shape index (κ2) is 5.05. The van der Waals surface area contributed by atoms with Crippen LogP contribution in [0.3, 0.4) is 0 Å². The number of rotatable bonds is 4. The van der Waals surface area contributed by atoms with Gasteiger partial charge in [-0.25, -0.2) is 4.79 Å². The molecule has 0 saturated carbocycles. The van der Waals surface area contributed by atoms with Crippen LogP contribution in [0.15, 0.2) is 18.3 Å². The fourth-order valence-corrected chi connectivity index (χ4v) is 2.48. The summed E-state index contributed by atoms with van der Waals surface area (Å²) in [5, 5.41) is 20.1. The van der Waals surface area contributed by atoms with Crippen LogP contribution >= 0.6 is 0 Å². The molecule has 0 fully saturated rings. The van der Waals surface area contributed by atoms with Gasteiger partial charge in [0.25, 0.3) is 0 Å². The van der Waals surface area contributed by atoms with Crippen molar-refractivity contribution in [3.63, 3.8) is 0 Å². The van der Waals surface area contributed by atoms with Gasteiger partial charge >= 0.3 is 5.97 Å². The molecule has 2 N–H and O–H groups in total. The molecule has 0 aliphatic carbocycles. The summed E-state index contributed by atoms with van der Waals surface area (Å²) in [5.41, 5.74) is 2.77. The van der Waals surface area contributed by atoms with Gasteiger partial charge in [0.15, 0.2) is 0 Å². The summed E-state index contributed by atoms with van der Waals surface area (Å²) >= 11 is 0. The third-order valence-electron chi connectivity index (χ3n) is 3.49. The molecule has 1 aromatic carbocycles. The SMILES string of the molecule is CCc1cc(C(=O)O)c2c(c1)c(C(C)O)cn2CC. The van der Waals surface area contributed by atoms with E-state index in [4.69, 9.17) is 0 Å². The van der Waals surface area contributed by atoms with E-state index in [1.54, 1.807) is 13.0 Å². The number of fused-ring (bicyclic) bond motifs is 1. The molecule has 0 aliphatic heterocycles. The number of carbonyl (C=O) groups is 1. The average molecular weight is 261 g/mol. The number of nitrogens with zero attached hydrogens (tertiary/aromatic N) is 1. The summed E-state index contributed by atoms with van der Waals surface area (Å²) in [6, 6.07) is 3.71. The zero-order valence-electron chi connectivity index (χ0n) is 11.5. The third kappa shape index (κ3) is 2.24. The van der Waals surface area contributed by atoms with Crippen LogP contribution in [-0.2, 0) is 13.0 Å². The number of carboxylic acid groups (broad SMARTS) is 1. The van der Waals surface area contributed by atoms with Gasteiger partial charge in [-0.05, 0) is 38.0 Å². The first-order valence-electron chi connectivity index (χ1n) is 6.56. The molecule has 102 valence electrons. The van der Waals surface area contributed by atoms with Crippen molar-refractivity contribution in [1.82, 2.24) is 4.57 Å². The van der Waals surface area contributed by atoms with Crippen LogP contribution in [0.25, 0.3) is 10.9 Å². The molecule has 0 bridgehead atoms. The number of aliphatic hydroxyl groups excluding tert-OH is 1. The molecule has 1 unspecified atom stereocenters. The van der Waals surface area contributed by atoms with Gasteiger partial charge in [-0.3, -0.25) is 0 Å². The van der Waals surface area contributed by atoms with Gasteiger partial charge in [0.05, 0.1) is 17.2 Å². The second-order valence-electron chi connectivity index (χ2n) is 4.74. The molecule has 2 rings (SSSR count). The summed E-state index contributed by atoms with van der Waals surface area (Å²) in [4.78, 5) is 11.5. The average Bonchev–Trinajstić information content (AvgIpc) is 2.75. The van der Waals surface area contributed by atoms with Gasteiger partial charge in [-0.15, -0.1) is 0 Å². The molecule has 1 heterocycles. The first-order chi connectivity index (χ1) is 8.99. The number of aromatic carboxylic acids is 1. The van der Waals surface area contributed by atoms with Gasteiger partial charge in [-0.2, -0.15) is 0 Å². The zero-order valence-corrected chi connectivity index (χ0v) is 11.5. The summed E-state index contributed by atoms with van der Waals surface area (Å²) < 4.78 is 1.89. The first-order valence-corrected chi connectivity index (χ1v) is 6.56. The zero-order chi connectivity index (χ0) is 14.2. The highest BCUT2D eigenvalue weighted by Crippen LogP contribution is 2.30. The maximum Gasteiger partial charge on any atom is 0.337 e. The van der Waals surface area contributed by atoms with E-state index in [0.29, 0.717) is 17.6 Å². The Kier molecular flexibility index (Phi) is 3.62. The van der Waals surface area contributed by atoms with Crippen molar-refractivity contribution in [2.45, 2.75) is 39.8 Å². The summed E-state index contributed by atoms with van der Waals surface area (Å²) in [6.45, 7) is 6.33. The highest BCUT2D eigenvalue weighted by molar-refractivity contribution is 6.04. The van der Waals surface area contributed by atoms with Crippen LogP contribution in [0.4, 0.5) is 0 Å². The van der Waals surface area contributed by atoms with Crippen LogP contribution < -0.4 is 0 Å². The maximum absolute atomic E-state index is 11.5. The van der Waals surface area contributed by atoms with Gasteiger partial charge in [-0.1, -0.05) is 6.92 Å². The number of aliphatic hydroxyl groups is 1. The molecule has 1 atom stereocenters. The highest BCUT2D eigenvalue weighted by atomic mass is 16.4. The third-order valence-corrected chi connectivity index (χ3v) is 3.49. The Bertz CT molecular complexity index is 626. The monoisotopic (exact) mass is 261 g/mol. The summed E-state index contributed by atoms with van der Waals surface area (Å²) in [6.07, 6.45) is 2.01. The molecular weight excluding hydrogens is 242 g/mol. The Hall–Kier alpha value is -1.81. The molecule has 4 heteroatoms. The lowest BCUT2D eigenvalue weighted by Crippen LogP contribution is -2.03. The molecule has 0 spiro atoms. The van der Waals surface area contributed by atoms with Crippen molar-refractivity contribution < 1.29 is 15.0 Å². The number of benzene rings is 1. The van der Waals surface area contributed by atoms with Crippen molar-refractivity contribution >= 4 is 16.9 Å². The topological polar surface area (TPSA) is 62.5 Å². The Morgan fingerprint density at radius 3 is 2.53 bits per heavy atom. The molecular formula is C15H19NO3. The van der Waals surface area contributed by atoms with Gasteiger partial charge in [0, 0.05) is 23.7 Å². The molecule has 19 heavy (non-hydrogen) atoms. The molecule has 1 aromatic heterocycles. The Morgan fingerprint density at radius 1 is 1.37 bits per heavy atom. The Labute approximate surface area is 112 Å². The predicted molar refractivity (Wildman–Crippen MR) is 74.6 cm³/mol. The second-order valence-corrected chi connectivity index (χ2v) is 4.74. The van der Waals surface area contributed by atoms with E-state index < -0.39 is 12.1 Å². The summed E-state index contributed by atoms with van der Waals surface area (Å²) in [7, 11) is 0. The van der Waals surface area contributed by atoms with Crippen molar-refractivity contribution in [1.29, 1.82) is 0 Å². The molecule has 0 saturated heterocycles. The van der Waals surface area contributed by atoms with Gasteiger partial charge < -0.3 is 14.8 Å². The lowest BCUT2D eigenvalue weighted by Gasteiger charge is -2.07. The fraction of sp³-hybridized carbons (Fsp3) is 0.400. The van der Waals surface area contributed by atoms with Crippen LogP contribution in [0, 0.1) is 0 Å². The molecule has 0 amide bonds. The lowest BCUT2D eigenvalue weighted by molar-refractivity contribution is 0.0698. The number of aryl methyl sites for hydroxylation is 2. The molecule has 2 aromatic rings. The molecule has 0 radical (unpaired) electrons. The Morgan fingerprint density at radius 2 is 2.05 bits per heavy atom. The fourth-order valence-electron chi connectivity index (χ4n) is 2.48. The van der Waals surface area contributed by atoms with E-state index in [1.807, 2.05) is 30.7 Å². The van der Waals surface area contributed by atoms with Crippen LogP contribution in [0.2, 0.25) is 0 Å². The standard InChI is InChI=1S/C15H19NO3/c1-4-10-6-11-13(9(3)17)8-16(5-2)14(11)12(7-10)15(18)19/h6-9,17H,4-5H2,1-3H3,(H,18,19). The van der Waals surface area contributed by atoms with Crippen molar-refractivity contribution in [2.75, 3.05) is 0 Å². The lowest BCUT2D eigenvalue weighted by atomic mass is 10.0. The molecule has 0 aliphatic rings. The minimum Gasteiger partial charge on any atom is -0.478 e.